The number of rotatable bonds is 3. The SMILES string of the molecule is c1ccc(COc2ccc3c(c2)Cc2ccccc2-3)cc1. The third-order valence-electron chi connectivity index (χ3n) is 4.01. The van der Waals surface area contributed by atoms with Crippen molar-refractivity contribution in [1.82, 2.24) is 0 Å². The summed E-state index contributed by atoms with van der Waals surface area (Å²) in [6.07, 6.45) is 1.01. The number of ether oxygens (including phenoxy) is 1. The van der Waals surface area contributed by atoms with Crippen LogP contribution in [0.5, 0.6) is 5.75 Å². The number of fused-ring (bicyclic) bond motifs is 3. The van der Waals surface area contributed by atoms with Gasteiger partial charge < -0.3 is 4.74 Å². The Morgan fingerprint density at radius 3 is 2.38 bits per heavy atom. The lowest BCUT2D eigenvalue weighted by Crippen LogP contribution is -1.95. The van der Waals surface area contributed by atoms with E-state index in [1.807, 2.05) is 18.2 Å². The number of hydrogen-bond acceptors (Lipinski definition) is 1. The summed E-state index contributed by atoms with van der Waals surface area (Å²) in [4.78, 5) is 0. The molecule has 3 aromatic rings. The Hall–Kier alpha value is -2.54. The zero-order valence-electron chi connectivity index (χ0n) is 11.8. The lowest BCUT2D eigenvalue weighted by Gasteiger charge is -2.08. The first-order valence-corrected chi connectivity index (χ1v) is 7.28. The van der Waals surface area contributed by atoms with Gasteiger partial charge in [0.25, 0.3) is 0 Å². The van der Waals surface area contributed by atoms with E-state index in [4.69, 9.17) is 4.74 Å². The monoisotopic (exact) mass is 272 g/mol. The molecule has 0 radical (unpaired) electrons. The van der Waals surface area contributed by atoms with Crippen molar-refractivity contribution in [3.63, 3.8) is 0 Å². The molecule has 1 heteroatoms. The normalized spacial score (nSPS) is 11.8. The maximum atomic E-state index is 5.92. The Morgan fingerprint density at radius 2 is 1.48 bits per heavy atom. The van der Waals surface area contributed by atoms with Crippen LogP contribution in [0, 0.1) is 0 Å². The molecule has 0 amide bonds. The van der Waals surface area contributed by atoms with Crippen LogP contribution in [0.2, 0.25) is 0 Å². The van der Waals surface area contributed by atoms with Crippen LogP contribution in [0.4, 0.5) is 0 Å². The summed E-state index contributed by atoms with van der Waals surface area (Å²) in [7, 11) is 0. The highest BCUT2D eigenvalue weighted by Gasteiger charge is 2.17. The van der Waals surface area contributed by atoms with Crippen LogP contribution in [-0.2, 0) is 13.0 Å². The predicted octanol–water partition coefficient (Wildman–Crippen LogP) is 4.84. The second-order valence-electron chi connectivity index (χ2n) is 5.43. The molecular formula is C20H16O. The van der Waals surface area contributed by atoms with Crippen LogP contribution < -0.4 is 4.74 Å². The van der Waals surface area contributed by atoms with Crippen molar-refractivity contribution in [3.8, 4) is 16.9 Å². The first-order valence-electron chi connectivity index (χ1n) is 7.28. The van der Waals surface area contributed by atoms with Gasteiger partial charge in [-0.05, 0) is 46.4 Å². The summed E-state index contributed by atoms with van der Waals surface area (Å²) < 4.78 is 5.92. The smallest absolute Gasteiger partial charge is 0.120 e. The molecule has 102 valence electrons. The van der Waals surface area contributed by atoms with Gasteiger partial charge in [0.1, 0.15) is 12.4 Å². The standard InChI is InChI=1S/C20H16O/c1-2-6-15(7-3-1)14-21-18-10-11-20-17(13-18)12-16-8-4-5-9-19(16)20/h1-11,13H,12,14H2. The quantitative estimate of drug-likeness (QED) is 0.518. The molecule has 1 nitrogen and oxygen atoms in total. The van der Waals surface area contributed by atoms with Crippen LogP contribution in [0.1, 0.15) is 16.7 Å². The molecule has 0 saturated heterocycles. The van der Waals surface area contributed by atoms with Crippen molar-refractivity contribution >= 4 is 0 Å². The number of hydrogen-bond donors (Lipinski definition) is 0. The van der Waals surface area contributed by atoms with Crippen molar-refractivity contribution in [3.05, 3.63) is 89.5 Å². The minimum Gasteiger partial charge on any atom is -0.489 e. The molecule has 0 bridgehead atoms. The molecule has 4 rings (SSSR count). The van der Waals surface area contributed by atoms with Crippen molar-refractivity contribution < 1.29 is 4.74 Å². The van der Waals surface area contributed by atoms with Gasteiger partial charge in [0, 0.05) is 0 Å². The Balaban J connectivity index is 1.56. The van der Waals surface area contributed by atoms with E-state index in [0.29, 0.717) is 6.61 Å². The van der Waals surface area contributed by atoms with Gasteiger partial charge in [0.2, 0.25) is 0 Å². The maximum absolute atomic E-state index is 5.92. The van der Waals surface area contributed by atoms with Gasteiger partial charge in [-0.25, -0.2) is 0 Å². The van der Waals surface area contributed by atoms with Crippen molar-refractivity contribution in [2.75, 3.05) is 0 Å². The minimum absolute atomic E-state index is 0.618. The molecule has 0 aromatic heterocycles. The Bertz CT molecular complexity index is 775. The largest absolute Gasteiger partial charge is 0.489 e. The van der Waals surface area contributed by atoms with E-state index in [-0.39, 0.29) is 0 Å². The fourth-order valence-electron chi connectivity index (χ4n) is 2.95. The van der Waals surface area contributed by atoms with E-state index in [0.717, 1.165) is 12.2 Å². The average molecular weight is 272 g/mol. The second-order valence-corrected chi connectivity index (χ2v) is 5.43. The lowest BCUT2D eigenvalue weighted by molar-refractivity contribution is 0.306. The highest BCUT2D eigenvalue weighted by molar-refractivity contribution is 5.77. The average Bonchev–Trinajstić information content (AvgIpc) is 2.91. The van der Waals surface area contributed by atoms with Gasteiger partial charge in [-0.1, -0.05) is 60.7 Å². The van der Waals surface area contributed by atoms with E-state index in [1.54, 1.807) is 0 Å². The van der Waals surface area contributed by atoms with E-state index < -0.39 is 0 Å². The summed E-state index contributed by atoms with van der Waals surface area (Å²) in [6, 6.07) is 25.3. The summed E-state index contributed by atoms with van der Waals surface area (Å²) >= 11 is 0. The van der Waals surface area contributed by atoms with Gasteiger partial charge >= 0.3 is 0 Å². The van der Waals surface area contributed by atoms with Crippen LogP contribution in [-0.4, -0.2) is 0 Å². The van der Waals surface area contributed by atoms with Gasteiger partial charge in [-0.15, -0.1) is 0 Å². The van der Waals surface area contributed by atoms with Gasteiger partial charge in [-0.3, -0.25) is 0 Å². The van der Waals surface area contributed by atoms with Crippen molar-refractivity contribution in [1.29, 1.82) is 0 Å². The van der Waals surface area contributed by atoms with Gasteiger partial charge in [0.15, 0.2) is 0 Å². The third-order valence-corrected chi connectivity index (χ3v) is 4.01. The molecule has 0 saturated carbocycles. The molecule has 1 aliphatic rings. The fraction of sp³-hybridized carbons (Fsp3) is 0.100. The zero-order chi connectivity index (χ0) is 14.1. The molecule has 0 unspecified atom stereocenters. The van der Waals surface area contributed by atoms with Crippen LogP contribution in [0.15, 0.2) is 72.8 Å². The molecule has 0 heterocycles. The lowest BCUT2D eigenvalue weighted by atomic mass is 10.1. The van der Waals surface area contributed by atoms with Gasteiger partial charge in [0.05, 0.1) is 0 Å². The molecule has 0 aliphatic heterocycles. The van der Waals surface area contributed by atoms with E-state index in [1.165, 1.54) is 27.8 Å². The van der Waals surface area contributed by atoms with Crippen LogP contribution >= 0.6 is 0 Å². The Kier molecular flexibility index (Phi) is 2.97. The first-order chi connectivity index (χ1) is 10.4. The van der Waals surface area contributed by atoms with Gasteiger partial charge in [-0.2, -0.15) is 0 Å². The van der Waals surface area contributed by atoms with Crippen molar-refractivity contribution in [2.24, 2.45) is 0 Å². The molecule has 0 N–H and O–H groups in total. The molecule has 0 atom stereocenters. The predicted molar refractivity (Wildman–Crippen MR) is 85.5 cm³/mol. The van der Waals surface area contributed by atoms with Crippen LogP contribution in [0.3, 0.4) is 0 Å². The summed E-state index contributed by atoms with van der Waals surface area (Å²) in [5, 5.41) is 0. The minimum atomic E-state index is 0.618. The molecule has 1 aliphatic carbocycles. The Labute approximate surface area is 124 Å². The van der Waals surface area contributed by atoms with E-state index >= 15 is 0 Å². The second kappa shape index (κ2) is 5.10. The zero-order valence-corrected chi connectivity index (χ0v) is 11.8. The summed E-state index contributed by atoms with van der Waals surface area (Å²) in [5.74, 6) is 0.949. The number of benzene rings is 3. The van der Waals surface area contributed by atoms with E-state index in [9.17, 15) is 0 Å². The molecular weight excluding hydrogens is 256 g/mol. The van der Waals surface area contributed by atoms with Crippen LogP contribution in [0.25, 0.3) is 11.1 Å². The molecule has 0 fully saturated rings. The van der Waals surface area contributed by atoms with E-state index in [2.05, 4.69) is 54.6 Å². The highest BCUT2D eigenvalue weighted by atomic mass is 16.5. The fourth-order valence-corrected chi connectivity index (χ4v) is 2.95. The third kappa shape index (κ3) is 2.31. The summed E-state index contributed by atoms with van der Waals surface area (Å²) in [5.41, 5.74) is 6.68. The van der Waals surface area contributed by atoms with Crippen molar-refractivity contribution in [2.45, 2.75) is 13.0 Å². The maximum Gasteiger partial charge on any atom is 0.120 e. The molecule has 0 spiro atoms. The molecule has 3 aromatic carbocycles. The first kappa shape index (κ1) is 12.2. The Morgan fingerprint density at radius 1 is 0.714 bits per heavy atom. The topological polar surface area (TPSA) is 9.23 Å². The summed E-state index contributed by atoms with van der Waals surface area (Å²) in [6.45, 7) is 0.618. The molecule has 21 heavy (non-hydrogen) atoms. The highest BCUT2D eigenvalue weighted by Crippen LogP contribution is 2.38.